The number of methoxy groups -OCH3 is 2. The van der Waals surface area contributed by atoms with Gasteiger partial charge in [-0.25, -0.2) is 9.79 Å². The first kappa shape index (κ1) is 25.2. The second-order valence-electron chi connectivity index (χ2n) is 7.58. The molecule has 0 radical (unpaired) electrons. The van der Waals surface area contributed by atoms with E-state index < -0.39 is 12.0 Å². The third-order valence-electron chi connectivity index (χ3n) is 5.49. The summed E-state index contributed by atoms with van der Waals surface area (Å²) in [5.74, 6) is 0.648. The van der Waals surface area contributed by atoms with Crippen LogP contribution >= 0.6 is 38.9 Å². The van der Waals surface area contributed by atoms with E-state index in [0.717, 1.165) is 10.0 Å². The molecule has 3 aromatic rings. The zero-order chi connectivity index (χ0) is 25.3. The van der Waals surface area contributed by atoms with Crippen LogP contribution in [0.1, 0.15) is 31.0 Å². The molecule has 0 unspecified atom stereocenters. The minimum Gasteiger partial charge on any atom is -0.496 e. The molecule has 1 aromatic heterocycles. The predicted octanol–water partition coefficient (Wildman–Crippen LogP) is 4.23. The Morgan fingerprint density at radius 3 is 2.51 bits per heavy atom. The SMILES string of the molecule is CCOC(=O)C1=C(C)N=c2s/c(=C\c3cc(Br)c(OC)cc3OC)c(=O)n2[C@@H]1c1ccc(Cl)cc1. The number of nitrogens with zero attached hydrogens (tertiary/aromatic N) is 2. The van der Waals surface area contributed by atoms with Gasteiger partial charge in [0.05, 0.1) is 47.1 Å². The Kier molecular flexibility index (Phi) is 7.49. The van der Waals surface area contributed by atoms with E-state index in [2.05, 4.69) is 20.9 Å². The fourth-order valence-corrected chi connectivity index (χ4v) is 5.58. The molecule has 10 heteroatoms. The average molecular weight is 578 g/mol. The van der Waals surface area contributed by atoms with Gasteiger partial charge >= 0.3 is 5.97 Å². The number of carbonyl (C=O) groups is 1. The molecule has 4 rings (SSSR count). The standard InChI is InChI=1S/C25H22BrClN2O5S/c1-5-34-24(31)21-13(2)28-25-29(22(21)14-6-8-16(27)9-7-14)23(30)20(35-25)11-15-10-17(26)19(33-4)12-18(15)32-3/h6-12,22H,5H2,1-4H3/b20-11-/t22-/m1/s1. The largest absolute Gasteiger partial charge is 0.496 e. The summed E-state index contributed by atoms with van der Waals surface area (Å²) in [6, 6.07) is 9.91. The monoisotopic (exact) mass is 576 g/mol. The second-order valence-corrected chi connectivity index (χ2v) is 9.88. The highest BCUT2D eigenvalue weighted by Gasteiger charge is 2.33. The van der Waals surface area contributed by atoms with Crippen LogP contribution in [0, 0.1) is 0 Å². The number of esters is 1. The summed E-state index contributed by atoms with van der Waals surface area (Å²) in [4.78, 5) is 31.7. The minimum atomic E-state index is -0.700. The Labute approximate surface area is 219 Å². The zero-order valence-corrected chi connectivity index (χ0v) is 22.6. The molecule has 7 nitrogen and oxygen atoms in total. The van der Waals surface area contributed by atoms with Crippen molar-refractivity contribution in [2.24, 2.45) is 4.99 Å². The summed E-state index contributed by atoms with van der Waals surface area (Å²) in [5, 5.41) is 0.553. The van der Waals surface area contributed by atoms with E-state index in [4.69, 9.17) is 25.8 Å². The van der Waals surface area contributed by atoms with Crippen LogP contribution in [0.25, 0.3) is 6.08 Å². The summed E-state index contributed by atoms with van der Waals surface area (Å²) >= 11 is 10.8. The van der Waals surface area contributed by atoms with E-state index in [0.29, 0.717) is 42.7 Å². The Morgan fingerprint density at radius 2 is 1.89 bits per heavy atom. The van der Waals surface area contributed by atoms with Crippen molar-refractivity contribution in [2.45, 2.75) is 19.9 Å². The van der Waals surface area contributed by atoms with Gasteiger partial charge in [0.1, 0.15) is 11.5 Å². The van der Waals surface area contributed by atoms with E-state index in [9.17, 15) is 9.59 Å². The summed E-state index contributed by atoms with van der Waals surface area (Å²) in [7, 11) is 3.12. The number of rotatable bonds is 6. The van der Waals surface area contributed by atoms with Crippen LogP contribution in [0.15, 0.2) is 61.9 Å². The quantitative estimate of drug-likeness (QED) is 0.410. The number of halogens is 2. The minimum absolute atomic E-state index is 0.208. The summed E-state index contributed by atoms with van der Waals surface area (Å²) in [6.45, 7) is 3.69. The van der Waals surface area contributed by atoms with Crippen LogP contribution in [0.3, 0.4) is 0 Å². The number of aromatic nitrogens is 1. The van der Waals surface area contributed by atoms with Crippen molar-refractivity contribution in [3.8, 4) is 11.5 Å². The van der Waals surface area contributed by atoms with Crippen LogP contribution in [-0.2, 0) is 9.53 Å². The van der Waals surface area contributed by atoms with Gasteiger partial charge in [-0.2, -0.15) is 0 Å². The Hall–Kier alpha value is -2.88. The third-order valence-corrected chi connectivity index (χ3v) is 7.35. The highest BCUT2D eigenvalue weighted by atomic mass is 79.9. The number of thiazole rings is 1. The Balaban J connectivity index is 1.96. The van der Waals surface area contributed by atoms with Crippen LogP contribution in [0.2, 0.25) is 5.02 Å². The first-order valence-electron chi connectivity index (χ1n) is 10.7. The summed E-state index contributed by atoms with van der Waals surface area (Å²) < 4.78 is 18.9. The third kappa shape index (κ3) is 4.80. The molecule has 35 heavy (non-hydrogen) atoms. The molecule has 1 aliphatic rings. The number of hydrogen-bond acceptors (Lipinski definition) is 7. The van der Waals surface area contributed by atoms with Gasteiger partial charge in [0.2, 0.25) is 0 Å². The lowest BCUT2D eigenvalue weighted by Crippen LogP contribution is -2.39. The average Bonchev–Trinajstić information content (AvgIpc) is 3.13. The molecule has 0 amide bonds. The lowest BCUT2D eigenvalue weighted by Gasteiger charge is -2.24. The summed E-state index contributed by atoms with van der Waals surface area (Å²) in [6.07, 6.45) is 1.75. The maximum absolute atomic E-state index is 13.7. The van der Waals surface area contributed by atoms with Crippen molar-refractivity contribution in [1.29, 1.82) is 0 Å². The van der Waals surface area contributed by atoms with Crippen molar-refractivity contribution in [1.82, 2.24) is 4.57 Å². The van der Waals surface area contributed by atoms with E-state index in [1.165, 1.54) is 15.9 Å². The Morgan fingerprint density at radius 1 is 1.20 bits per heavy atom. The van der Waals surface area contributed by atoms with Gasteiger partial charge in [0.25, 0.3) is 5.56 Å². The maximum Gasteiger partial charge on any atom is 0.338 e. The summed E-state index contributed by atoms with van der Waals surface area (Å²) in [5.41, 5.74) is 1.95. The van der Waals surface area contributed by atoms with Gasteiger partial charge in [-0.1, -0.05) is 35.1 Å². The van der Waals surface area contributed by atoms with Crippen LogP contribution in [-0.4, -0.2) is 31.4 Å². The molecule has 0 saturated heterocycles. The van der Waals surface area contributed by atoms with Crippen molar-refractivity contribution >= 4 is 50.9 Å². The second kappa shape index (κ2) is 10.4. The van der Waals surface area contributed by atoms with Gasteiger partial charge < -0.3 is 14.2 Å². The highest BCUT2D eigenvalue weighted by molar-refractivity contribution is 9.10. The lowest BCUT2D eigenvalue weighted by atomic mass is 9.96. The van der Waals surface area contributed by atoms with Crippen LogP contribution in [0.5, 0.6) is 11.5 Å². The first-order valence-corrected chi connectivity index (χ1v) is 12.6. The van der Waals surface area contributed by atoms with Crippen molar-refractivity contribution < 1.29 is 19.0 Å². The van der Waals surface area contributed by atoms with Crippen LogP contribution < -0.4 is 24.4 Å². The Bertz CT molecular complexity index is 1510. The molecule has 0 spiro atoms. The molecule has 0 saturated carbocycles. The van der Waals surface area contributed by atoms with E-state index in [1.54, 1.807) is 64.5 Å². The van der Waals surface area contributed by atoms with Crippen molar-refractivity contribution in [3.05, 3.63) is 88.0 Å². The van der Waals surface area contributed by atoms with E-state index >= 15 is 0 Å². The highest BCUT2D eigenvalue weighted by Crippen LogP contribution is 2.34. The fourth-order valence-electron chi connectivity index (χ4n) is 3.89. The van der Waals surface area contributed by atoms with Gasteiger partial charge in [-0.15, -0.1) is 0 Å². The van der Waals surface area contributed by atoms with Crippen molar-refractivity contribution in [2.75, 3.05) is 20.8 Å². The maximum atomic E-state index is 13.7. The number of carbonyl (C=O) groups excluding carboxylic acids is 1. The van der Waals surface area contributed by atoms with Gasteiger partial charge in [-0.3, -0.25) is 9.36 Å². The van der Waals surface area contributed by atoms with Gasteiger partial charge in [-0.05, 0) is 59.6 Å². The first-order chi connectivity index (χ1) is 16.8. The van der Waals surface area contributed by atoms with E-state index in [-0.39, 0.29) is 12.2 Å². The molecule has 0 bridgehead atoms. The molecule has 2 aromatic carbocycles. The number of benzene rings is 2. The normalized spacial score (nSPS) is 15.5. The number of hydrogen-bond donors (Lipinski definition) is 0. The topological polar surface area (TPSA) is 79.1 Å². The van der Waals surface area contributed by atoms with Gasteiger partial charge in [0, 0.05) is 16.7 Å². The molecular formula is C25H22BrClN2O5S. The molecular weight excluding hydrogens is 556 g/mol. The lowest BCUT2D eigenvalue weighted by molar-refractivity contribution is -0.139. The molecule has 1 atom stereocenters. The van der Waals surface area contributed by atoms with Crippen molar-refractivity contribution in [3.63, 3.8) is 0 Å². The van der Waals surface area contributed by atoms with E-state index in [1.807, 2.05) is 6.07 Å². The molecule has 0 fully saturated rings. The molecule has 182 valence electrons. The number of fused-ring (bicyclic) bond motifs is 1. The molecule has 1 aliphatic heterocycles. The molecule has 2 heterocycles. The number of allylic oxidation sites excluding steroid dienone is 1. The fraction of sp³-hybridized carbons (Fsp3) is 0.240. The van der Waals surface area contributed by atoms with Crippen LogP contribution in [0.4, 0.5) is 0 Å². The van der Waals surface area contributed by atoms with Gasteiger partial charge in [0.15, 0.2) is 4.80 Å². The smallest absolute Gasteiger partial charge is 0.338 e. The predicted molar refractivity (Wildman–Crippen MR) is 139 cm³/mol. The molecule has 0 aliphatic carbocycles. The number of ether oxygens (including phenoxy) is 3. The zero-order valence-electron chi connectivity index (χ0n) is 19.4. The molecule has 0 N–H and O–H groups in total.